The lowest BCUT2D eigenvalue weighted by molar-refractivity contribution is 0.311. The fourth-order valence-electron chi connectivity index (χ4n) is 8.52. The van der Waals surface area contributed by atoms with Gasteiger partial charge in [0.1, 0.15) is 0 Å². The zero-order valence-corrected chi connectivity index (χ0v) is 35.2. The summed E-state index contributed by atoms with van der Waals surface area (Å²) in [5.41, 5.74) is 16.6. The van der Waals surface area contributed by atoms with Gasteiger partial charge in [0.2, 0.25) is 0 Å². The SMILES string of the molecule is OCCNc1ccccc1-c1c2nc(c(-c3ccccc3NCCO)c3ccc([nH]3)c(-c3ccccc3NCCO)c3nc(c(-c4ccccc4NCCO)c4ccc1[nH]4)C=C3)C=C2. The molecule has 10 N–H and O–H groups in total. The minimum Gasteiger partial charge on any atom is -0.395 e. The molecule has 0 spiro atoms. The predicted molar refractivity (Wildman–Crippen MR) is 263 cm³/mol. The quantitative estimate of drug-likeness (QED) is 0.0450. The molecule has 0 atom stereocenters. The molecule has 5 heterocycles. The van der Waals surface area contributed by atoms with Gasteiger partial charge in [0.05, 0.1) is 49.2 Å². The highest BCUT2D eigenvalue weighted by molar-refractivity contribution is 6.03. The van der Waals surface area contributed by atoms with E-state index in [9.17, 15) is 20.4 Å². The average Bonchev–Trinajstić information content (AvgIpc) is 4.19. The molecule has 322 valence electrons. The zero-order chi connectivity index (χ0) is 43.8. The van der Waals surface area contributed by atoms with Crippen molar-refractivity contribution >= 4 is 69.1 Å². The molecule has 2 aliphatic rings. The number of hydrogen-bond acceptors (Lipinski definition) is 10. The minimum absolute atomic E-state index is 0.0319. The number of rotatable bonds is 16. The van der Waals surface area contributed by atoms with Crippen molar-refractivity contribution in [3.8, 4) is 44.5 Å². The molecule has 0 unspecified atom stereocenters. The molecule has 2 aliphatic heterocycles. The highest BCUT2D eigenvalue weighted by Crippen LogP contribution is 2.42. The van der Waals surface area contributed by atoms with Crippen LogP contribution in [0.2, 0.25) is 0 Å². The van der Waals surface area contributed by atoms with Crippen LogP contribution in [-0.4, -0.2) is 93.0 Å². The van der Waals surface area contributed by atoms with Crippen LogP contribution in [0.5, 0.6) is 0 Å². The van der Waals surface area contributed by atoms with Crippen LogP contribution in [0.3, 0.4) is 0 Å². The van der Waals surface area contributed by atoms with Crippen molar-refractivity contribution in [2.45, 2.75) is 0 Å². The van der Waals surface area contributed by atoms with Crippen molar-refractivity contribution in [3.63, 3.8) is 0 Å². The summed E-state index contributed by atoms with van der Waals surface area (Å²) in [6, 6.07) is 40.5. The molecule has 0 saturated heterocycles. The Hall–Kier alpha value is -7.48. The molecule has 64 heavy (non-hydrogen) atoms. The fourth-order valence-corrected chi connectivity index (χ4v) is 8.52. The van der Waals surface area contributed by atoms with Crippen LogP contribution in [0.25, 0.3) is 90.9 Å². The van der Waals surface area contributed by atoms with Crippen LogP contribution in [0, 0.1) is 0 Å². The van der Waals surface area contributed by atoms with Gasteiger partial charge >= 0.3 is 0 Å². The summed E-state index contributed by atoms with van der Waals surface area (Å²) in [7, 11) is 0. The molecule has 3 aromatic heterocycles. The van der Waals surface area contributed by atoms with E-state index >= 15 is 0 Å². The van der Waals surface area contributed by atoms with Gasteiger partial charge in [0.25, 0.3) is 0 Å². The Balaban J connectivity index is 1.46. The second-order valence-electron chi connectivity index (χ2n) is 15.3. The number of benzene rings is 4. The van der Waals surface area contributed by atoms with Crippen LogP contribution >= 0.6 is 0 Å². The Morgan fingerprint density at radius 1 is 0.328 bits per heavy atom. The molecule has 0 fully saturated rings. The summed E-state index contributed by atoms with van der Waals surface area (Å²) in [6.45, 7) is 1.34. The number of nitrogens with zero attached hydrogens (tertiary/aromatic N) is 2. The molecular weight excluding hydrogens is 801 g/mol. The fraction of sp³-hybridized carbons (Fsp3) is 0.154. The second kappa shape index (κ2) is 19.3. The first-order valence-corrected chi connectivity index (χ1v) is 21.5. The highest BCUT2D eigenvalue weighted by atomic mass is 16.3. The van der Waals surface area contributed by atoms with E-state index < -0.39 is 0 Å². The first-order chi connectivity index (χ1) is 31.6. The van der Waals surface area contributed by atoms with Gasteiger partial charge in [-0.15, -0.1) is 0 Å². The van der Waals surface area contributed by atoms with Gasteiger partial charge in [-0.05, 0) is 72.8 Å². The third-order valence-electron chi connectivity index (χ3n) is 11.2. The van der Waals surface area contributed by atoms with Gasteiger partial charge in [0, 0.05) is 116 Å². The van der Waals surface area contributed by atoms with Crippen LogP contribution < -0.4 is 21.3 Å². The number of para-hydroxylation sites is 4. The Bertz CT molecular complexity index is 2650. The van der Waals surface area contributed by atoms with E-state index in [1.165, 1.54) is 0 Å². The number of fused-ring (bicyclic) bond motifs is 8. The maximum atomic E-state index is 9.87. The largest absolute Gasteiger partial charge is 0.395 e. The standard InChI is InChI=1S/C52H50N8O4/c61-29-25-53-37-13-5-1-9-33(37)49-41-17-19-43(57-41)50(34-10-2-6-14-38(34)54-26-30-62)45-21-23-47(59-45)52(36-12-4-8-16-40(36)56-28-32-64)48-24-22-46(60-48)51(44-20-18-42(49)58-44)35-11-3-7-15-39(35)55-27-31-63/h1-24,53-57,60-64H,25-32H2. The normalized spacial score (nSPS) is 11.8. The monoisotopic (exact) mass is 850 g/mol. The topological polar surface area (TPSA) is 186 Å². The molecule has 4 aromatic carbocycles. The van der Waals surface area contributed by atoms with Gasteiger partial charge in [-0.25, -0.2) is 9.97 Å². The lowest BCUT2D eigenvalue weighted by Gasteiger charge is -2.14. The molecule has 12 heteroatoms. The van der Waals surface area contributed by atoms with E-state index in [0.29, 0.717) is 26.2 Å². The summed E-state index contributed by atoms with van der Waals surface area (Å²) >= 11 is 0. The van der Waals surface area contributed by atoms with Crippen molar-refractivity contribution in [1.82, 2.24) is 19.9 Å². The lowest BCUT2D eigenvalue weighted by atomic mass is 10.0. The molecule has 9 rings (SSSR count). The number of aliphatic hydroxyl groups is 4. The summed E-state index contributed by atoms with van der Waals surface area (Å²) in [6.07, 6.45) is 8.18. The molecule has 0 amide bonds. The molecule has 0 aliphatic carbocycles. The van der Waals surface area contributed by atoms with Gasteiger partial charge < -0.3 is 51.7 Å². The van der Waals surface area contributed by atoms with Crippen molar-refractivity contribution in [2.24, 2.45) is 0 Å². The Labute approximate surface area is 370 Å². The van der Waals surface area contributed by atoms with Gasteiger partial charge in [-0.3, -0.25) is 0 Å². The number of anilines is 4. The van der Waals surface area contributed by atoms with Crippen LogP contribution in [0.1, 0.15) is 22.8 Å². The van der Waals surface area contributed by atoms with E-state index in [1.807, 2.05) is 97.1 Å². The average molecular weight is 851 g/mol. The maximum absolute atomic E-state index is 9.87. The first kappa shape index (κ1) is 41.9. The van der Waals surface area contributed by atoms with Crippen molar-refractivity contribution in [1.29, 1.82) is 0 Å². The molecule has 7 aromatic rings. The van der Waals surface area contributed by atoms with Crippen molar-refractivity contribution < 1.29 is 20.4 Å². The third kappa shape index (κ3) is 8.38. The minimum atomic E-state index is -0.0319. The maximum Gasteiger partial charge on any atom is 0.0738 e. The molecule has 8 bridgehead atoms. The van der Waals surface area contributed by atoms with E-state index in [2.05, 4.69) is 79.8 Å². The number of H-pyrrole nitrogens is 2. The third-order valence-corrected chi connectivity index (χ3v) is 11.2. The summed E-state index contributed by atoms with van der Waals surface area (Å²) in [4.78, 5) is 18.6. The lowest BCUT2D eigenvalue weighted by Crippen LogP contribution is -2.07. The summed E-state index contributed by atoms with van der Waals surface area (Å²) in [5, 5.41) is 53.2. The van der Waals surface area contributed by atoms with E-state index in [-0.39, 0.29) is 26.4 Å². The van der Waals surface area contributed by atoms with Crippen LogP contribution in [0.4, 0.5) is 22.7 Å². The number of aliphatic hydroxyl groups excluding tert-OH is 4. The van der Waals surface area contributed by atoms with E-state index in [4.69, 9.17) is 9.97 Å². The summed E-state index contributed by atoms with van der Waals surface area (Å²) in [5.74, 6) is 0. The van der Waals surface area contributed by atoms with Crippen LogP contribution in [0.15, 0.2) is 121 Å². The predicted octanol–water partition coefficient (Wildman–Crippen LogP) is 8.94. The van der Waals surface area contributed by atoms with E-state index in [1.54, 1.807) is 0 Å². The highest BCUT2D eigenvalue weighted by Gasteiger charge is 2.22. The van der Waals surface area contributed by atoms with Crippen molar-refractivity contribution in [2.75, 3.05) is 73.9 Å². The number of aromatic amines is 2. The number of aromatic nitrogens is 4. The number of hydrogen-bond donors (Lipinski definition) is 10. The Kier molecular flexibility index (Phi) is 12.6. The van der Waals surface area contributed by atoms with E-state index in [0.717, 1.165) is 112 Å². The van der Waals surface area contributed by atoms with Crippen molar-refractivity contribution in [3.05, 3.63) is 144 Å². The van der Waals surface area contributed by atoms with Gasteiger partial charge in [0.15, 0.2) is 0 Å². The Morgan fingerprint density at radius 3 is 0.797 bits per heavy atom. The van der Waals surface area contributed by atoms with Gasteiger partial charge in [-0.1, -0.05) is 72.8 Å². The Morgan fingerprint density at radius 2 is 0.562 bits per heavy atom. The second-order valence-corrected chi connectivity index (χ2v) is 15.3. The smallest absolute Gasteiger partial charge is 0.0738 e. The molecule has 0 radical (unpaired) electrons. The first-order valence-electron chi connectivity index (χ1n) is 21.5. The molecular formula is C52H50N8O4. The molecule has 0 saturated carbocycles. The molecule has 12 nitrogen and oxygen atoms in total. The summed E-state index contributed by atoms with van der Waals surface area (Å²) < 4.78 is 0. The zero-order valence-electron chi connectivity index (χ0n) is 35.2. The number of nitrogens with one attached hydrogen (secondary N) is 6. The van der Waals surface area contributed by atoms with Gasteiger partial charge in [-0.2, -0.15) is 0 Å². The van der Waals surface area contributed by atoms with Crippen LogP contribution in [-0.2, 0) is 0 Å².